The van der Waals surface area contributed by atoms with Gasteiger partial charge in [-0.05, 0) is 17.7 Å². The van der Waals surface area contributed by atoms with Crippen LogP contribution in [-0.2, 0) is 6.61 Å². The predicted molar refractivity (Wildman–Crippen MR) is 58.5 cm³/mol. The van der Waals surface area contributed by atoms with Crippen LogP contribution in [0.2, 0.25) is 5.02 Å². The Balaban J connectivity index is 2.34. The molecule has 0 radical (unpaired) electrons. The molecule has 0 aliphatic rings. The molecule has 0 amide bonds. The zero-order valence-electron chi connectivity index (χ0n) is 7.27. The molecular weight excluding hydrogens is 218 g/mol. The second-order valence-electron chi connectivity index (χ2n) is 2.78. The minimum absolute atomic E-state index is 0.00173. The van der Waals surface area contributed by atoms with Gasteiger partial charge in [0.15, 0.2) is 0 Å². The van der Waals surface area contributed by atoms with Crippen LogP contribution >= 0.6 is 22.9 Å². The molecule has 0 saturated heterocycles. The molecule has 0 saturated carbocycles. The summed E-state index contributed by atoms with van der Waals surface area (Å²) in [5.41, 5.74) is 1.08. The molecule has 14 heavy (non-hydrogen) atoms. The van der Waals surface area contributed by atoms with Gasteiger partial charge in [0.1, 0.15) is 5.01 Å². The molecule has 1 aromatic heterocycles. The maximum absolute atomic E-state index is 8.87. The van der Waals surface area contributed by atoms with E-state index in [0.29, 0.717) is 0 Å². The maximum Gasteiger partial charge on any atom is 0.119 e. The van der Waals surface area contributed by atoms with Crippen LogP contribution in [0, 0.1) is 0 Å². The largest absolute Gasteiger partial charge is 0.389 e. The zero-order valence-corrected chi connectivity index (χ0v) is 8.85. The Morgan fingerprint density at radius 2 is 2.00 bits per heavy atom. The number of hydrogen-bond donors (Lipinski definition) is 1. The van der Waals surface area contributed by atoms with Crippen LogP contribution in [0.25, 0.3) is 10.4 Å². The highest BCUT2D eigenvalue weighted by molar-refractivity contribution is 7.15. The van der Waals surface area contributed by atoms with Crippen molar-refractivity contribution in [2.24, 2.45) is 0 Å². The first-order valence-corrected chi connectivity index (χ1v) is 5.30. The molecule has 0 fully saturated rings. The molecule has 2 aromatic rings. The highest BCUT2D eigenvalue weighted by Gasteiger charge is 2.02. The van der Waals surface area contributed by atoms with Crippen molar-refractivity contribution in [3.63, 3.8) is 0 Å². The molecule has 0 unspecified atom stereocenters. The van der Waals surface area contributed by atoms with Crippen LogP contribution in [0.3, 0.4) is 0 Å². The van der Waals surface area contributed by atoms with Crippen LogP contribution in [0.4, 0.5) is 0 Å². The third-order valence-corrected chi connectivity index (χ3v) is 3.10. The smallest absolute Gasteiger partial charge is 0.119 e. The number of nitrogens with zero attached hydrogens (tertiary/aromatic N) is 1. The quantitative estimate of drug-likeness (QED) is 0.853. The molecule has 1 N–H and O–H groups in total. The van der Waals surface area contributed by atoms with E-state index in [2.05, 4.69) is 4.98 Å². The van der Waals surface area contributed by atoms with E-state index in [9.17, 15) is 0 Å². The predicted octanol–water partition coefficient (Wildman–Crippen LogP) is 2.96. The van der Waals surface area contributed by atoms with Gasteiger partial charge >= 0.3 is 0 Å². The van der Waals surface area contributed by atoms with Crippen LogP contribution in [-0.4, -0.2) is 10.1 Å². The van der Waals surface area contributed by atoms with Gasteiger partial charge in [0.05, 0.1) is 11.5 Å². The summed E-state index contributed by atoms with van der Waals surface area (Å²) in [6, 6.07) is 7.57. The Kier molecular flexibility index (Phi) is 2.82. The van der Waals surface area contributed by atoms with E-state index in [1.807, 2.05) is 24.3 Å². The number of aliphatic hydroxyl groups excluding tert-OH is 1. The number of thiazole rings is 1. The highest BCUT2D eigenvalue weighted by atomic mass is 35.5. The first-order chi connectivity index (χ1) is 6.79. The lowest BCUT2D eigenvalue weighted by atomic mass is 10.2. The van der Waals surface area contributed by atoms with Crippen LogP contribution in [0.1, 0.15) is 5.01 Å². The van der Waals surface area contributed by atoms with Crippen molar-refractivity contribution in [1.29, 1.82) is 0 Å². The summed E-state index contributed by atoms with van der Waals surface area (Å²) in [6.07, 6.45) is 1.76. The zero-order chi connectivity index (χ0) is 9.97. The number of benzene rings is 1. The summed E-state index contributed by atoms with van der Waals surface area (Å²) < 4.78 is 0. The van der Waals surface area contributed by atoms with Crippen molar-refractivity contribution in [2.75, 3.05) is 0 Å². The van der Waals surface area contributed by atoms with Crippen molar-refractivity contribution in [1.82, 2.24) is 4.98 Å². The molecule has 4 heteroatoms. The topological polar surface area (TPSA) is 33.1 Å². The average molecular weight is 226 g/mol. The molecule has 0 atom stereocenters. The minimum Gasteiger partial charge on any atom is -0.389 e. The number of rotatable bonds is 2. The van der Waals surface area contributed by atoms with Gasteiger partial charge in [-0.25, -0.2) is 4.98 Å². The van der Waals surface area contributed by atoms with E-state index in [1.54, 1.807) is 6.20 Å². The van der Waals surface area contributed by atoms with Gasteiger partial charge < -0.3 is 5.11 Å². The molecule has 0 aliphatic carbocycles. The van der Waals surface area contributed by atoms with Gasteiger partial charge in [-0.1, -0.05) is 23.7 Å². The Morgan fingerprint density at radius 1 is 1.29 bits per heavy atom. The van der Waals surface area contributed by atoms with E-state index in [-0.39, 0.29) is 6.61 Å². The molecule has 0 spiro atoms. The summed E-state index contributed by atoms with van der Waals surface area (Å²) in [6.45, 7) is -0.00173. The third-order valence-electron chi connectivity index (χ3n) is 1.82. The van der Waals surface area contributed by atoms with E-state index >= 15 is 0 Å². The second-order valence-corrected chi connectivity index (χ2v) is 4.33. The summed E-state index contributed by atoms with van der Waals surface area (Å²) >= 11 is 7.27. The van der Waals surface area contributed by atoms with Crippen molar-refractivity contribution in [3.8, 4) is 10.4 Å². The van der Waals surface area contributed by atoms with Crippen molar-refractivity contribution >= 4 is 22.9 Å². The molecule has 1 heterocycles. The van der Waals surface area contributed by atoms with Crippen LogP contribution in [0.5, 0.6) is 0 Å². The van der Waals surface area contributed by atoms with Gasteiger partial charge in [-0.15, -0.1) is 11.3 Å². The van der Waals surface area contributed by atoms with Gasteiger partial charge in [0.25, 0.3) is 0 Å². The monoisotopic (exact) mass is 225 g/mol. The Labute approximate surface area is 90.8 Å². The summed E-state index contributed by atoms with van der Waals surface area (Å²) in [4.78, 5) is 5.12. The number of aliphatic hydroxyl groups is 1. The molecule has 2 nitrogen and oxygen atoms in total. The van der Waals surface area contributed by atoms with Gasteiger partial charge in [-0.2, -0.15) is 0 Å². The summed E-state index contributed by atoms with van der Waals surface area (Å²) in [5.74, 6) is 0. The van der Waals surface area contributed by atoms with Crippen LogP contribution in [0.15, 0.2) is 30.5 Å². The fourth-order valence-corrected chi connectivity index (χ4v) is 2.04. The van der Waals surface area contributed by atoms with Crippen LogP contribution < -0.4 is 0 Å². The number of halogens is 1. The molecule has 0 aliphatic heterocycles. The van der Waals surface area contributed by atoms with E-state index in [4.69, 9.17) is 16.7 Å². The maximum atomic E-state index is 8.87. The fourth-order valence-electron chi connectivity index (χ4n) is 1.13. The molecule has 2 rings (SSSR count). The van der Waals surface area contributed by atoms with Gasteiger partial charge in [0, 0.05) is 11.2 Å². The number of hydrogen-bond acceptors (Lipinski definition) is 3. The van der Waals surface area contributed by atoms with Crippen molar-refractivity contribution in [2.45, 2.75) is 6.61 Å². The van der Waals surface area contributed by atoms with E-state index in [0.717, 1.165) is 20.5 Å². The van der Waals surface area contributed by atoms with Crippen molar-refractivity contribution in [3.05, 3.63) is 40.5 Å². The van der Waals surface area contributed by atoms with E-state index in [1.165, 1.54) is 11.3 Å². The third kappa shape index (κ3) is 1.95. The molecular formula is C10H8ClNOS. The molecule has 0 bridgehead atoms. The lowest BCUT2D eigenvalue weighted by Crippen LogP contribution is -1.75. The van der Waals surface area contributed by atoms with Gasteiger partial charge in [-0.3, -0.25) is 0 Å². The first-order valence-electron chi connectivity index (χ1n) is 4.11. The lowest BCUT2D eigenvalue weighted by molar-refractivity contribution is 0.281. The fraction of sp³-hybridized carbons (Fsp3) is 0.100. The highest BCUT2D eigenvalue weighted by Crippen LogP contribution is 2.26. The number of aromatic nitrogens is 1. The van der Waals surface area contributed by atoms with Crippen molar-refractivity contribution < 1.29 is 5.11 Å². The SMILES string of the molecule is OCc1ncc(-c2ccc(Cl)cc2)s1. The molecule has 1 aromatic carbocycles. The Bertz CT molecular complexity index is 424. The normalized spacial score (nSPS) is 10.4. The summed E-state index contributed by atoms with van der Waals surface area (Å²) in [7, 11) is 0. The summed E-state index contributed by atoms with van der Waals surface area (Å²) in [5, 5.41) is 10.3. The first kappa shape index (κ1) is 9.65. The Morgan fingerprint density at radius 3 is 2.57 bits per heavy atom. The minimum atomic E-state index is -0.00173. The average Bonchev–Trinajstić information content (AvgIpc) is 2.67. The van der Waals surface area contributed by atoms with Gasteiger partial charge in [0.2, 0.25) is 0 Å². The second kappa shape index (κ2) is 4.09. The molecule has 72 valence electrons. The lowest BCUT2D eigenvalue weighted by Gasteiger charge is -1.95. The Hall–Kier alpha value is -0.900. The van der Waals surface area contributed by atoms with E-state index < -0.39 is 0 Å². The standard InChI is InChI=1S/C10H8ClNOS/c11-8-3-1-7(2-4-8)9-5-12-10(6-13)14-9/h1-5,13H,6H2.